The van der Waals surface area contributed by atoms with Crippen molar-refractivity contribution in [2.45, 2.75) is 19.9 Å². The number of para-hydroxylation sites is 1. The number of rotatable bonds is 4. The number of carbonyl (C=O) groups excluding carboxylic acids is 2. The van der Waals surface area contributed by atoms with Gasteiger partial charge >= 0.3 is 0 Å². The molecule has 0 saturated carbocycles. The molecular weight excluding hydrogens is 266 g/mol. The maximum Gasteiger partial charge on any atom is 0.254 e. The molecule has 0 bridgehead atoms. The molecule has 0 fully saturated rings. The second-order valence-electron chi connectivity index (χ2n) is 5.68. The van der Waals surface area contributed by atoms with Gasteiger partial charge in [-0.15, -0.1) is 0 Å². The molecule has 0 radical (unpaired) electrons. The van der Waals surface area contributed by atoms with Gasteiger partial charge in [0.25, 0.3) is 5.91 Å². The van der Waals surface area contributed by atoms with E-state index in [9.17, 15) is 9.59 Å². The van der Waals surface area contributed by atoms with E-state index >= 15 is 0 Å². The summed E-state index contributed by atoms with van der Waals surface area (Å²) in [5.74, 6) is -0.319. The molecule has 5 nitrogen and oxygen atoms in total. The fourth-order valence-corrected chi connectivity index (χ4v) is 2.28. The minimum absolute atomic E-state index is 0.0201. The van der Waals surface area contributed by atoms with Gasteiger partial charge in [-0.25, -0.2) is 0 Å². The summed E-state index contributed by atoms with van der Waals surface area (Å²) in [7, 11) is 3.38. The normalized spacial score (nSPS) is 12.4. The lowest BCUT2D eigenvalue weighted by molar-refractivity contribution is -0.131. The Morgan fingerprint density at radius 3 is 2.52 bits per heavy atom. The number of hydrogen-bond acceptors (Lipinski definition) is 2. The van der Waals surface area contributed by atoms with Crippen molar-refractivity contribution >= 4 is 22.7 Å². The minimum Gasteiger partial charge on any atom is -0.361 e. The SMILES string of the molecule is CC(C)C(NC(=O)c1cccc2cc[nH]c12)C(=O)N(C)C. The quantitative estimate of drug-likeness (QED) is 0.903. The smallest absolute Gasteiger partial charge is 0.254 e. The van der Waals surface area contributed by atoms with E-state index in [2.05, 4.69) is 10.3 Å². The predicted octanol–water partition coefficient (Wildman–Crippen LogP) is 2.01. The molecule has 0 aliphatic carbocycles. The number of amides is 2. The van der Waals surface area contributed by atoms with Crippen LogP contribution in [0.4, 0.5) is 0 Å². The van der Waals surface area contributed by atoms with Crippen LogP contribution in [-0.2, 0) is 4.79 Å². The number of fused-ring (bicyclic) bond motifs is 1. The van der Waals surface area contributed by atoms with Gasteiger partial charge in [0.05, 0.1) is 11.1 Å². The standard InChI is InChI=1S/C16H21N3O2/c1-10(2)13(16(21)19(3)4)18-15(20)12-7-5-6-11-8-9-17-14(11)12/h5-10,13,17H,1-4H3,(H,18,20). The number of benzene rings is 1. The summed E-state index contributed by atoms with van der Waals surface area (Å²) < 4.78 is 0. The highest BCUT2D eigenvalue weighted by molar-refractivity contribution is 6.06. The maximum atomic E-state index is 12.5. The van der Waals surface area contributed by atoms with Gasteiger partial charge in [0.15, 0.2) is 0 Å². The molecule has 1 unspecified atom stereocenters. The van der Waals surface area contributed by atoms with E-state index in [0.717, 1.165) is 10.9 Å². The third-order valence-electron chi connectivity index (χ3n) is 3.49. The summed E-state index contributed by atoms with van der Waals surface area (Å²) in [6.07, 6.45) is 1.80. The van der Waals surface area contributed by atoms with Crippen LogP contribution in [0.15, 0.2) is 30.5 Å². The molecule has 0 aliphatic heterocycles. The number of H-pyrrole nitrogens is 1. The van der Waals surface area contributed by atoms with Crippen LogP contribution in [0, 0.1) is 5.92 Å². The van der Waals surface area contributed by atoms with Crippen molar-refractivity contribution in [3.05, 3.63) is 36.0 Å². The molecule has 0 spiro atoms. The van der Waals surface area contributed by atoms with E-state index in [-0.39, 0.29) is 17.7 Å². The van der Waals surface area contributed by atoms with Gasteiger partial charge < -0.3 is 15.2 Å². The Kier molecular flexibility index (Phi) is 4.31. The summed E-state index contributed by atoms with van der Waals surface area (Å²) in [6.45, 7) is 3.84. The minimum atomic E-state index is -0.530. The zero-order valence-corrected chi connectivity index (χ0v) is 12.8. The first-order valence-electron chi connectivity index (χ1n) is 7.00. The zero-order valence-electron chi connectivity index (χ0n) is 12.8. The third kappa shape index (κ3) is 3.07. The molecule has 0 saturated heterocycles. The zero-order chi connectivity index (χ0) is 15.6. The van der Waals surface area contributed by atoms with Crippen LogP contribution in [0.1, 0.15) is 24.2 Å². The second-order valence-corrected chi connectivity index (χ2v) is 5.68. The van der Waals surface area contributed by atoms with Gasteiger partial charge in [-0.2, -0.15) is 0 Å². The van der Waals surface area contributed by atoms with E-state index in [1.807, 2.05) is 32.0 Å². The summed E-state index contributed by atoms with van der Waals surface area (Å²) >= 11 is 0. The van der Waals surface area contributed by atoms with Crippen molar-refractivity contribution in [3.8, 4) is 0 Å². The van der Waals surface area contributed by atoms with Gasteiger partial charge in [0.1, 0.15) is 6.04 Å². The molecule has 2 amide bonds. The lowest BCUT2D eigenvalue weighted by Crippen LogP contribution is -2.49. The summed E-state index contributed by atoms with van der Waals surface area (Å²) in [6, 6.07) is 6.91. The first kappa shape index (κ1) is 15.1. The van der Waals surface area contributed by atoms with Crippen LogP contribution in [0.25, 0.3) is 10.9 Å². The molecule has 0 aliphatic rings. The number of aromatic amines is 1. The van der Waals surface area contributed by atoms with E-state index in [1.54, 1.807) is 26.4 Å². The molecule has 1 heterocycles. The Bertz CT molecular complexity index is 658. The second kappa shape index (κ2) is 5.99. The number of nitrogens with one attached hydrogen (secondary N) is 2. The molecule has 112 valence electrons. The number of aromatic nitrogens is 1. The maximum absolute atomic E-state index is 12.5. The molecular formula is C16H21N3O2. The van der Waals surface area contributed by atoms with Crippen LogP contribution in [0.2, 0.25) is 0 Å². The van der Waals surface area contributed by atoms with Crippen LogP contribution in [0.5, 0.6) is 0 Å². The Morgan fingerprint density at radius 1 is 1.19 bits per heavy atom. The van der Waals surface area contributed by atoms with Crippen molar-refractivity contribution in [1.29, 1.82) is 0 Å². The Hall–Kier alpha value is -2.30. The topological polar surface area (TPSA) is 65.2 Å². The monoisotopic (exact) mass is 287 g/mol. The van der Waals surface area contributed by atoms with Crippen molar-refractivity contribution in [1.82, 2.24) is 15.2 Å². The van der Waals surface area contributed by atoms with Crippen molar-refractivity contribution in [3.63, 3.8) is 0 Å². The average Bonchev–Trinajstić information content (AvgIpc) is 2.91. The highest BCUT2D eigenvalue weighted by Gasteiger charge is 2.26. The van der Waals surface area contributed by atoms with Crippen molar-refractivity contribution < 1.29 is 9.59 Å². The predicted molar refractivity (Wildman–Crippen MR) is 83.1 cm³/mol. The first-order valence-corrected chi connectivity index (χ1v) is 7.00. The molecule has 1 aromatic carbocycles. The Labute approximate surface area is 124 Å². The summed E-state index contributed by atoms with van der Waals surface area (Å²) in [4.78, 5) is 29.2. The van der Waals surface area contributed by atoms with E-state index in [0.29, 0.717) is 5.56 Å². The lowest BCUT2D eigenvalue weighted by atomic mass is 10.0. The fraction of sp³-hybridized carbons (Fsp3) is 0.375. The molecule has 5 heteroatoms. The van der Waals surface area contributed by atoms with Crippen molar-refractivity contribution in [2.24, 2.45) is 5.92 Å². The highest BCUT2D eigenvalue weighted by Crippen LogP contribution is 2.17. The van der Waals surface area contributed by atoms with Crippen LogP contribution in [-0.4, -0.2) is 41.8 Å². The number of nitrogens with zero attached hydrogens (tertiary/aromatic N) is 1. The van der Waals surface area contributed by atoms with Crippen molar-refractivity contribution in [2.75, 3.05) is 14.1 Å². The molecule has 1 atom stereocenters. The van der Waals surface area contributed by atoms with Gasteiger partial charge in [0.2, 0.25) is 5.91 Å². The summed E-state index contributed by atoms with van der Waals surface area (Å²) in [5, 5.41) is 3.82. The van der Waals surface area contributed by atoms with Gasteiger partial charge in [-0.05, 0) is 18.1 Å². The molecule has 21 heavy (non-hydrogen) atoms. The molecule has 2 N–H and O–H groups in total. The Balaban J connectivity index is 2.27. The Morgan fingerprint density at radius 2 is 1.90 bits per heavy atom. The van der Waals surface area contributed by atoms with Crippen LogP contribution < -0.4 is 5.32 Å². The number of carbonyl (C=O) groups is 2. The largest absolute Gasteiger partial charge is 0.361 e. The lowest BCUT2D eigenvalue weighted by Gasteiger charge is -2.24. The molecule has 2 rings (SSSR count). The van der Waals surface area contributed by atoms with E-state index in [1.165, 1.54) is 4.90 Å². The first-order chi connectivity index (χ1) is 9.91. The van der Waals surface area contributed by atoms with Crippen LogP contribution in [0.3, 0.4) is 0 Å². The van der Waals surface area contributed by atoms with Gasteiger partial charge in [-0.3, -0.25) is 9.59 Å². The number of likely N-dealkylation sites (N-methyl/N-ethyl adjacent to an activating group) is 1. The van der Waals surface area contributed by atoms with E-state index in [4.69, 9.17) is 0 Å². The van der Waals surface area contributed by atoms with Gasteiger partial charge in [0, 0.05) is 25.7 Å². The molecule has 1 aromatic heterocycles. The molecule has 2 aromatic rings. The van der Waals surface area contributed by atoms with Gasteiger partial charge in [-0.1, -0.05) is 26.0 Å². The fourth-order valence-electron chi connectivity index (χ4n) is 2.28. The van der Waals surface area contributed by atoms with E-state index < -0.39 is 6.04 Å². The van der Waals surface area contributed by atoms with Crippen LogP contribution >= 0.6 is 0 Å². The third-order valence-corrected chi connectivity index (χ3v) is 3.49. The number of hydrogen-bond donors (Lipinski definition) is 2. The highest BCUT2D eigenvalue weighted by atomic mass is 16.2. The average molecular weight is 287 g/mol. The summed E-state index contributed by atoms with van der Waals surface area (Å²) in [5.41, 5.74) is 1.34.